The van der Waals surface area contributed by atoms with Crippen molar-refractivity contribution in [2.45, 2.75) is 0 Å². The zero-order valence-electron chi connectivity index (χ0n) is 13.2. The number of nitrogens with zero attached hydrogens (tertiary/aromatic N) is 3. The third kappa shape index (κ3) is 2.64. The molecule has 4 aromatic rings. The summed E-state index contributed by atoms with van der Waals surface area (Å²) in [6.07, 6.45) is 0. The van der Waals surface area contributed by atoms with E-state index in [4.69, 9.17) is 14.9 Å². The fourth-order valence-corrected chi connectivity index (χ4v) is 3.42. The molecule has 25 heavy (non-hydrogen) atoms. The van der Waals surface area contributed by atoms with Crippen LogP contribution in [0, 0.1) is 0 Å². The summed E-state index contributed by atoms with van der Waals surface area (Å²) >= 11 is 1.25. The van der Waals surface area contributed by atoms with E-state index in [1.165, 1.54) is 16.7 Å². The molecule has 2 aromatic heterocycles. The van der Waals surface area contributed by atoms with Gasteiger partial charge in [0.25, 0.3) is 0 Å². The Labute approximate surface area is 146 Å². The maximum atomic E-state index is 11.1. The van der Waals surface area contributed by atoms with Crippen LogP contribution in [0.4, 0.5) is 0 Å². The molecule has 0 unspecified atom stereocenters. The van der Waals surface area contributed by atoms with Crippen LogP contribution in [0.25, 0.3) is 27.3 Å². The Morgan fingerprint density at radius 3 is 2.80 bits per heavy atom. The van der Waals surface area contributed by atoms with Gasteiger partial charge in [-0.2, -0.15) is 5.10 Å². The van der Waals surface area contributed by atoms with Crippen LogP contribution in [0.5, 0.6) is 5.75 Å². The Kier molecular flexibility index (Phi) is 3.70. The number of carboxylic acid groups (broad SMARTS) is 1. The number of ether oxygens (including phenoxy) is 1. The molecule has 1 N–H and O–H groups in total. The van der Waals surface area contributed by atoms with Gasteiger partial charge in [-0.25, -0.2) is 14.5 Å². The highest BCUT2D eigenvalue weighted by Gasteiger charge is 2.17. The molecule has 2 aromatic carbocycles. The Hall–Kier alpha value is -3.19. The summed E-state index contributed by atoms with van der Waals surface area (Å²) in [5, 5.41) is 16.8. The summed E-state index contributed by atoms with van der Waals surface area (Å²) in [6.45, 7) is 0. The van der Waals surface area contributed by atoms with Crippen LogP contribution >= 0.6 is 11.3 Å². The van der Waals surface area contributed by atoms with Gasteiger partial charge in [-0.3, -0.25) is 0 Å². The van der Waals surface area contributed by atoms with E-state index in [1.54, 1.807) is 11.8 Å². The number of carboxylic acids is 1. The topological polar surface area (TPSA) is 77.2 Å². The Balaban J connectivity index is 1.93. The van der Waals surface area contributed by atoms with Crippen molar-refractivity contribution in [1.82, 2.24) is 14.8 Å². The smallest absolute Gasteiger partial charge is 0.355 e. The summed E-state index contributed by atoms with van der Waals surface area (Å²) in [5.74, 6) is -0.300. The SMILES string of the molecule is COc1cccc(-c2nn(-c3nc(C(=O)O)cs3)c3ccccc23)c1. The molecule has 6 nitrogen and oxygen atoms in total. The zero-order chi connectivity index (χ0) is 17.4. The van der Waals surface area contributed by atoms with E-state index < -0.39 is 5.97 Å². The summed E-state index contributed by atoms with van der Waals surface area (Å²) in [5.41, 5.74) is 2.60. The molecule has 0 atom stereocenters. The van der Waals surface area contributed by atoms with Gasteiger partial charge in [-0.15, -0.1) is 11.3 Å². The number of aromatic nitrogens is 3. The first-order chi connectivity index (χ1) is 12.2. The molecule has 0 fully saturated rings. The third-order valence-corrected chi connectivity index (χ3v) is 4.64. The minimum Gasteiger partial charge on any atom is -0.497 e. The van der Waals surface area contributed by atoms with E-state index in [2.05, 4.69) is 4.98 Å². The first-order valence-corrected chi connectivity index (χ1v) is 8.37. The molecule has 0 aliphatic heterocycles. The second-order valence-corrected chi connectivity index (χ2v) is 6.17. The van der Waals surface area contributed by atoms with Crippen LogP contribution < -0.4 is 4.74 Å². The minimum absolute atomic E-state index is 0.0162. The second kappa shape index (κ2) is 6.03. The molecule has 0 bridgehead atoms. The maximum Gasteiger partial charge on any atom is 0.355 e. The second-order valence-electron chi connectivity index (χ2n) is 5.33. The van der Waals surface area contributed by atoms with Gasteiger partial charge in [0, 0.05) is 16.3 Å². The van der Waals surface area contributed by atoms with Crippen LogP contribution in [0.1, 0.15) is 10.5 Å². The summed E-state index contributed by atoms with van der Waals surface area (Å²) in [6, 6.07) is 15.5. The van der Waals surface area contributed by atoms with E-state index in [9.17, 15) is 4.79 Å². The van der Waals surface area contributed by atoms with E-state index >= 15 is 0 Å². The van der Waals surface area contributed by atoms with E-state index in [-0.39, 0.29) is 5.69 Å². The van der Waals surface area contributed by atoms with Crippen LogP contribution in [-0.4, -0.2) is 33.0 Å². The average molecular weight is 351 g/mol. The number of carbonyl (C=O) groups is 1. The first kappa shape index (κ1) is 15.3. The number of fused-ring (bicyclic) bond motifs is 1. The van der Waals surface area contributed by atoms with Crippen molar-refractivity contribution in [3.05, 3.63) is 59.6 Å². The fraction of sp³-hybridized carbons (Fsp3) is 0.0556. The van der Waals surface area contributed by atoms with E-state index in [1.807, 2.05) is 48.5 Å². The summed E-state index contributed by atoms with van der Waals surface area (Å²) in [4.78, 5) is 15.3. The van der Waals surface area contributed by atoms with Crippen LogP contribution in [0.15, 0.2) is 53.9 Å². The Bertz CT molecular complexity index is 1080. The quantitative estimate of drug-likeness (QED) is 0.604. The monoisotopic (exact) mass is 351 g/mol. The zero-order valence-corrected chi connectivity index (χ0v) is 14.0. The van der Waals surface area contributed by atoms with Crippen molar-refractivity contribution in [2.75, 3.05) is 7.11 Å². The molecule has 0 aliphatic carbocycles. The number of thiazole rings is 1. The normalized spacial score (nSPS) is 10.9. The highest BCUT2D eigenvalue weighted by atomic mass is 32.1. The number of hydrogen-bond donors (Lipinski definition) is 1. The van der Waals surface area contributed by atoms with E-state index in [0.29, 0.717) is 5.13 Å². The molecular weight excluding hydrogens is 338 g/mol. The minimum atomic E-state index is -1.05. The number of hydrogen-bond acceptors (Lipinski definition) is 5. The van der Waals surface area contributed by atoms with Crippen LogP contribution in [0.2, 0.25) is 0 Å². The lowest BCUT2D eigenvalue weighted by atomic mass is 10.1. The fourth-order valence-electron chi connectivity index (χ4n) is 2.66. The molecule has 0 aliphatic rings. The molecule has 0 saturated heterocycles. The van der Waals surface area contributed by atoms with Crippen molar-refractivity contribution in [3.8, 4) is 22.1 Å². The van der Waals surface area contributed by atoms with Crippen molar-refractivity contribution in [1.29, 1.82) is 0 Å². The average Bonchev–Trinajstić information content (AvgIpc) is 3.26. The molecule has 124 valence electrons. The van der Waals surface area contributed by atoms with Gasteiger partial charge in [-0.1, -0.05) is 30.3 Å². The lowest BCUT2D eigenvalue weighted by molar-refractivity contribution is 0.0691. The number of rotatable bonds is 4. The van der Waals surface area contributed by atoms with Crippen LogP contribution in [0.3, 0.4) is 0 Å². The number of methoxy groups -OCH3 is 1. The first-order valence-electron chi connectivity index (χ1n) is 7.49. The van der Waals surface area contributed by atoms with Crippen molar-refractivity contribution >= 4 is 28.2 Å². The van der Waals surface area contributed by atoms with Gasteiger partial charge >= 0.3 is 5.97 Å². The number of para-hydroxylation sites is 1. The standard InChI is InChI=1S/C18H13N3O3S/c1-24-12-6-4-5-11(9-12)16-13-7-2-3-8-15(13)21(20-16)18-19-14(10-25-18)17(22)23/h2-10H,1H3,(H,22,23). The van der Waals surface area contributed by atoms with Gasteiger partial charge in [0.2, 0.25) is 5.13 Å². The third-order valence-electron chi connectivity index (χ3n) is 3.82. The Morgan fingerprint density at radius 2 is 2.04 bits per heavy atom. The van der Waals surface area contributed by atoms with Gasteiger partial charge in [-0.05, 0) is 18.2 Å². The van der Waals surface area contributed by atoms with Gasteiger partial charge < -0.3 is 9.84 Å². The van der Waals surface area contributed by atoms with Crippen molar-refractivity contribution < 1.29 is 14.6 Å². The number of benzene rings is 2. The number of aromatic carboxylic acids is 1. The Morgan fingerprint density at radius 1 is 1.20 bits per heavy atom. The molecule has 0 amide bonds. The molecule has 2 heterocycles. The maximum absolute atomic E-state index is 11.1. The molecule has 0 spiro atoms. The largest absolute Gasteiger partial charge is 0.497 e. The predicted octanol–water partition coefficient (Wildman–Crippen LogP) is 3.86. The van der Waals surface area contributed by atoms with Gasteiger partial charge in [0.15, 0.2) is 5.69 Å². The highest BCUT2D eigenvalue weighted by molar-refractivity contribution is 7.12. The van der Waals surface area contributed by atoms with Gasteiger partial charge in [0.1, 0.15) is 11.4 Å². The molecule has 0 saturated carbocycles. The van der Waals surface area contributed by atoms with E-state index in [0.717, 1.165) is 27.9 Å². The van der Waals surface area contributed by atoms with Crippen molar-refractivity contribution in [3.63, 3.8) is 0 Å². The molecule has 7 heteroatoms. The summed E-state index contributed by atoms with van der Waals surface area (Å²) < 4.78 is 6.98. The molecular formula is C18H13N3O3S. The summed E-state index contributed by atoms with van der Waals surface area (Å²) in [7, 11) is 1.62. The lowest BCUT2D eigenvalue weighted by Gasteiger charge is -2.02. The van der Waals surface area contributed by atoms with Gasteiger partial charge in [0.05, 0.1) is 12.6 Å². The molecule has 0 radical (unpaired) electrons. The molecule has 4 rings (SSSR count). The predicted molar refractivity (Wildman–Crippen MR) is 95.7 cm³/mol. The lowest BCUT2D eigenvalue weighted by Crippen LogP contribution is -2.00. The van der Waals surface area contributed by atoms with Crippen LogP contribution in [-0.2, 0) is 0 Å². The highest BCUT2D eigenvalue weighted by Crippen LogP contribution is 2.32. The van der Waals surface area contributed by atoms with Crippen molar-refractivity contribution in [2.24, 2.45) is 0 Å².